The summed E-state index contributed by atoms with van der Waals surface area (Å²) in [5.74, 6) is -0.202. The van der Waals surface area contributed by atoms with E-state index in [2.05, 4.69) is 25.3 Å². The molecule has 0 spiro atoms. The lowest BCUT2D eigenvalue weighted by atomic mass is 9.85. The standard InChI is InChI=1S/C22H24O3/c1-4-16-17(5-2)21(13-14-22(24)25-6-3)20-11-8-7-10-19(20)18(16)12-9-15-23/h4-5,7-8,10-11,15H,1-2,6,9,12-14H2,3H3. The van der Waals surface area contributed by atoms with Gasteiger partial charge < -0.3 is 9.53 Å². The molecule has 3 nitrogen and oxygen atoms in total. The Labute approximate surface area is 149 Å². The minimum absolute atomic E-state index is 0.202. The molecule has 0 atom stereocenters. The van der Waals surface area contributed by atoms with E-state index in [0.717, 1.165) is 39.3 Å². The summed E-state index contributed by atoms with van der Waals surface area (Å²) >= 11 is 0. The number of aldehydes is 1. The number of ether oxygens (including phenoxy) is 1. The van der Waals surface area contributed by atoms with E-state index in [0.29, 0.717) is 32.3 Å². The van der Waals surface area contributed by atoms with E-state index >= 15 is 0 Å². The van der Waals surface area contributed by atoms with E-state index in [1.54, 1.807) is 6.92 Å². The number of benzene rings is 2. The highest BCUT2D eigenvalue weighted by Crippen LogP contribution is 2.34. The average Bonchev–Trinajstić information content (AvgIpc) is 2.64. The smallest absolute Gasteiger partial charge is 0.306 e. The first-order chi connectivity index (χ1) is 12.2. The number of carbonyl (C=O) groups is 2. The number of hydrogen-bond donors (Lipinski definition) is 0. The predicted octanol–water partition coefficient (Wildman–Crippen LogP) is 4.75. The normalized spacial score (nSPS) is 10.4. The largest absolute Gasteiger partial charge is 0.466 e. The second-order valence-electron chi connectivity index (χ2n) is 5.75. The SMILES string of the molecule is C=Cc1c(C=C)c(CCC(=O)OCC)c2ccccc2c1CCC=O. The zero-order valence-electron chi connectivity index (χ0n) is 14.7. The molecule has 0 N–H and O–H groups in total. The van der Waals surface area contributed by atoms with Crippen LogP contribution in [0.5, 0.6) is 0 Å². The highest BCUT2D eigenvalue weighted by Gasteiger charge is 2.16. The minimum Gasteiger partial charge on any atom is -0.466 e. The van der Waals surface area contributed by atoms with Gasteiger partial charge in [0.05, 0.1) is 6.61 Å². The number of hydrogen-bond acceptors (Lipinski definition) is 3. The second-order valence-corrected chi connectivity index (χ2v) is 5.75. The lowest BCUT2D eigenvalue weighted by Crippen LogP contribution is -2.08. The van der Waals surface area contributed by atoms with Crippen LogP contribution in [0.2, 0.25) is 0 Å². The zero-order chi connectivity index (χ0) is 18.2. The molecule has 0 fully saturated rings. The first kappa shape index (κ1) is 18.7. The van der Waals surface area contributed by atoms with E-state index in [4.69, 9.17) is 4.74 Å². The van der Waals surface area contributed by atoms with E-state index in [-0.39, 0.29) is 5.97 Å². The fraction of sp³-hybridized carbons (Fsp3) is 0.273. The summed E-state index contributed by atoms with van der Waals surface area (Å²) in [6.45, 7) is 10.1. The summed E-state index contributed by atoms with van der Waals surface area (Å²) < 4.78 is 5.06. The summed E-state index contributed by atoms with van der Waals surface area (Å²) in [7, 11) is 0. The van der Waals surface area contributed by atoms with Crippen LogP contribution in [-0.2, 0) is 27.2 Å². The number of carbonyl (C=O) groups excluding carboxylic acids is 2. The third-order valence-corrected chi connectivity index (χ3v) is 4.32. The maximum absolute atomic E-state index is 11.8. The van der Waals surface area contributed by atoms with Gasteiger partial charge in [-0.3, -0.25) is 4.79 Å². The molecule has 0 aromatic heterocycles. The molecule has 0 amide bonds. The van der Waals surface area contributed by atoms with Crippen molar-refractivity contribution in [2.75, 3.05) is 6.61 Å². The molecule has 0 aliphatic rings. The van der Waals surface area contributed by atoms with Crippen LogP contribution in [0.3, 0.4) is 0 Å². The van der Waals surface area contributed by atoms with E-state index in [1.807, 2.05) is 24.3 Å². The maximum Gasteiger partial charge on any atom is 0.306 e. The molecule has 0 bridgehead atoms. The average molecular weight is 336 g/mol. The maximum atomic E-state index is 11.8. The van der Waals surface area contributed by atoms with Crippen LogP contribution in [0.4, 0.5) is 0 Å². The van der Waals surface area contributed by atoms with Crippen LogP contribution < -0.4 is 0 Å². The van der Waals surface area contributed by atoms with E-state index in [1.165, 1.54) is 0 Å². The zero-order valence-corrected chi connectivity index (χ0v) is 14.7. The number of rotatable bonds is 9. The van der Waals surface area contributed by atoms with Gasteiger partial charge in [0.15, 0.2) is 0 Å². The molecule has 0 heterocycles. The van der Waals surface area contributed by atoms with Crippen molar-refractivity contribution in [2.45, 2.75) is 32.6 Å². The molecule has 25 heavy (non-hydrogen) atoms. The van der Waals surface area contributed by atoms with Crippen LogP contribution in [0.25, 0.3) is 22.9 Å². The van der Waals surface area contributed by atoms with Crippen LogP contribution >= 0.6 is 0 Å². The van der Waals surface area contributed by atoms with Crippen molar-refractivity contribution in [2.24, 2.45) is 0 Å². The van der Waals surface area contributed by atoms with Gasteiger partial charge in [-0.1, -0.05) is 49.6 Å². The fourth-order valence-electron chi connectivity index (χ4n) is 3.29. The number of esters is 1. The Kier molecular flexibility index (Phi) is 6.70. The van der Waals surface area contributed by atoms with Crippen LogP contribution in [-0.4, -0.2) is 18.9 Å². The van der Waals surface area contributed by atoms with Crippen molar-refractivity contribution < 1.29 is 14.3 Å². The summed E-state index contributed by atoms with van der Waals surface area (Å²) in [5, 5.41) is 2.19. The van der Waals surface area contributed by atoms with Gasteiger partial charge in [-0.25, -0.2) is 0 Å². The minimum atomic E-state index is -0.202. The summed E-state index contributed by atoms with van der Waals surface area (Å²) in [6.07, 6.45) is 6.59. The van der Waals surface area contributed by atoms with Gasteiger partial charge in [0.1, 0.15) is 6.29 Å². The Hall–Kier alpha value is -2.68. The molecule has 2 rings (SSSR count). The number of aryl methyl sites for hydroxylation is 2. The van der Waals surface area contributed by atoms with Crippen molar-refractivity contribution in [1.82, 2.24) is 0 Å². The second kappa shape index (κ2) is 8.97. The van der Waals surface area contributed by atoms with Gasteiger partial charge in [-0.15, -0.1) is 0 Å². The molecule has 0 saturated heterocycles. The molecule has 2 aromatic carbocycles. The molecule has 0 unspecified atom stereocenters. The molecule has 0 aliphatic carbocycles. The van der Waals surface area contributed by atoms with Crippen molar-refractivity contribution in [3.8, 4) is 0 Å². The highest BCUT2D eigenvalue weighted by molar-refractivity contribution is 5.96. The summed E-state index contributed by atoms with van der Waals surface area (Å²) in [6, 6.07) is 8.09. The third-order valence-electron chi connectivity index (χ3n) is 4.32. The van der Waals surface area contributed by atoms with Crippen molar-refractivity contribution in [3.63, 3.8) is 0 Å². The van der Waals surface area contributed by atoms with Gasteiger partial charge in [-0.2, -0.15) is 0 Å². The van der Waals surface area contributed by atoms with Crippen molar-refractivity contribution in [1.29, 1.82) is 0 Å². The molecule has 2 aromatic rings. The molecular formula is C22H24O3. The highest BCUT2D eigenvalue weighted by atomic mass is 16.5. The van der Waals surface area contributed by atoms with Gasteiger partial charge in [0.2, 0.25) is 0 Å². The van der Waals surface area contributed by atoms with Gasteiger partial charge >= 0.3 is 5.97 Å². The Morgan fingerprint density at radius 1 is 1.04 bits per heavy atom. The topological polar surface area (TPSA) is 43.4 Å². The Balaban J connectivity index is 2.63. The van der Waals surface area contributed by atoms with E-state index in [9.17, 15) is 9.59 Å². The number of fused-ring (bicyclic) bond motifs is 1. The summed E-state index contributed by atoms with van der Waals surface area (Å²) in [5.41, 5.74) is 4.16. The van der Waals surface area contributed by atoms with Crippen LogP contribution in [0.15, 0.2) is 37.4 Å². The molecule has 0 aliphatic heterocycles. The Morgan fingerprint density at radius 2 is 1.60 bits per heavy atom. The predicted molar refractivity (Wildman–Crippen MR) is 103 cm³/mol. The molecule has 130 valence electrons. The van der Waals surface area contributed by atoms with Crippen molar-refractivity contribution in [3.05, 3.63) is 59.7 Å². The molecule has 0 radical (unpaired) electrons. The van der Waals surface area contributed by atoms with Gasteiger partial charge in [-0.05, 0) is 52.8 Å². The fourth-order valence-corrected chi connectivity index (χ4v) is 3.29. The van der Waals surface area contributed by atoms with Crippen LogP contribution in [0, 0.1) is 0 Å². The van der Waals surface area contributed by atoms with Gasteiger partial charge in [0.25, 0.3) is 0 Å². The Bertz CT molecular complexity index is 803. The van der Waals surface area contributed by atoms with E-state index < -0.39 is 0 Å². The van der Waals surface area contributed by atoms with Crippen molar-refractivity contribution >= 4 is 35.2 Å². The summed E-state index contributed by atoms with van der Waals surface area (Å²) in [4.78, 5) is 22.7. The van der Waals surface area contributed by atoms with Crippen LogP contribution in [0.1, 0.15) is 42.0 Å². The lowest BCUT2D eigenvalue weighted by Gasteiger charge is -2.19. The monoisotopic (exact) mass is 336 g/mol. The molecule has 3 heteroatoms. The first-order valence-corrected chi connectivity index (χ1v) is 8.58. The molecule has 0 saturated carbocycles. The lowest BCUT2D eigenvalue weighted by molar-refractivity contribution is -0.143. The van der Waals surface area contributed by atoms with Gasteiger partial charge in [0, 0.05) is 12.8 Å². The third kappa shape index (κ3) is 4.05. The molecular weight excluding hydrogens is 312 g/mol. The Morgan fingerprint density at radius 3 is 2.08 bits per heavy atom. The quantitative estimate of drug-likeness (QED) is 0.490. The first-order valence-electron chi connectivity index (χ1n) is 8.58.